The summed E-state index contributed by atoms with van der Waals surface area (Å²) < 4.78 is 4.70. The van der Waals surface area contributed by atoms with Crippen LogP contribution in [-0.2, 0) is 16.0 Å². The molecule has 2 rings (SSSR count). The second-order valence-corrected chi connectivity index (χ2v) is 5.55. The molecule has 1 aromatic carbocycles. The Morgan fingerprint density at radius 1 is 1.19 bits per heavy atom. The highest BCUT2D eigenvalue weighted by Crippen LogP contribution is 2.17. The van der Waals surface area contributed by atoms with Crippen molar-refractivity contribution >= 4 is 28.9 Å². The minimum atomic E-state index is -0.454. The average molecular weight is 303 g/mol. The lowest BCUT2D eigenvalue weighted by atomic mass is 10.1. The number of hydrogen-bond donors (Lipinski definition) is 1. The van der Waals surface area contributed by atoms with Crippen molar-refractivity contribution in [3.63, 3.8) is 0 Å². The maximum absolute atomic E-state index is 11.9. The summed E-state index contributed by atoms with van der Waals surface area (Å²) in [7, 11) is 1.32. The fourth-order valence-corrected chi connectivity index (χ4v) is 2.72. The van der Waals surface area contributed by atoms with E-state index >= 15 is 0 Å². The first kappa shape index (κ1) is 15.3. The fourth-order valence-electron chi connectivity index (χ4n) is 1.97. The normalized spacial score (nSPS) is 10.1. The van der Waals surface area contributed by atoms with E-state index in [9.17, 15) is 9.59 Å². The number of benzene rings is 1. The van der Waals surface area contributed by atoms with Crippen molar-refractivity contribution in [2.24, 2.45) is 0 Å². The van der Waals surface area contributed by atoms with E-state index in [1.54, 1.807) is 35.6 Å². The quantitative estimate of drug-likeness (QED) is 0.831. The second kappa shape index (κ2) is 7.59. The van der Waals surface area contributed by atoms with Crippen molar-refractivity contribution in [1.82, 2.24) is 0 Å². The molecule has 21 heavy (non-hydrogen) atoms. The summed E-state index contributed by atoms with van der Waals surface area (Å²) in [5, 5.41) is 4.80. The van der Waals surface area contributed by atoms with Crippen molar-refractivity contribution < 1.29 is 14.3 Å². The molecule has 0 aliphatic carbocycles. The van der Waals surface area contributed by atoms with Crippen LogP contribution in [0.25, 0.3) is 0 Å². The van der Waals surface area contributed by atoms with Crippen LogP contribution in [0, 0.1) is 0 Å². The zero-order chi connectivity index (χ0) is 15.1. The molecule has 4 nitrogen and oxygen atoms in total. The molecule has 0 atom stereocenters. The van der Waals surface area contributed by atoms with Gasteiger partial charge >= 0.3 is 5.97 Å². The summed E-state index contributed by atoms with van der Waals surface area (Å²) >= 11 is 1.70. The highest BCUT2D eigenvalue weighted by molar-refractivity contribution is 7.09. The number of anilines is 1. The molecular formula is C16H17NO3S. The molecule has 1 amide bonds. The minimum Gasteiger partial charge on any atom is -0.465 e. The van der Waals surface area contributed by atoms with Crippen LogP contribution in [0.4, 0.5) is 5.69 Å². The van der Waals surface area contributed by atoms with Gasteiger partial charge in [-0.2, -0.15) is 0 Å². The number of nitrogens with one attached hydrogen (secondary N) is 1. The van der Waals surface area contributed by atoms with E-state index in [2.05, 4.69) is 11.4 Å². The van der Waals surface area contributed by atoms with Gasteiger partial charge in [-0.05, 0) is 36.4 Å². The maximum Gasteiger partial charge on any atom is 0.339 e. The second-order valence-electron chi connectivity index (χ2n) is 4.52. The summed E-state index contributed by atoms with van der Waals surface area (Å²) in [4.78, 5) is 24.8. The van der Waals surface area contributed by atoms with Gasteiger partial charge in [0.05, 0.1) is 18.4 Å². The number of ether oxygens (including phenoxy) is 1. The summed E-state index contributed by atoms with van der Waals surface area (Å²) in [6.45, 7) is 0. The molecule has 2 aromatic rings. The van der Waals surface area contributed by atoms with Gasteiger partial charge < -0.3 is 10.1 Å². The molecule has 0 saturated heterocycles. The van der Waals surface area contributed by atoms with Gasteiger partial charge in [-0.25, -0.2) is 4.79 Å². The third kappa shape index (κ3) is 4.43. The lowest BCUT2D eigenvalue weighted by Crippen LogP contribution is -2.15. The molecule has 110 valence electrons. The maximum atomic E-state index is 11.9. The number of carbonyl (C=O) groups is 2. The van der Waals surface area contributed by atoms with E-state index < -0.39 is 5.97 Å². The molecule has 1 aromatic heterocycles. The van der Waals surface area contributed by atoms with Crippen LogP contribution in [-0.4, -0.2) is 19.0 Å². The van der Waals surface area contributed by atoms with Gasteiger partial charge in [-0.1, -0.05) is 18.2 Å². The molecule has 0 bridgehead atoms. The van der Waals surface area contributed by atoms with Crippen LogP contribution in [0.1, 0.15) is 28.1 Å². The van der Waals surface area contributed by atoms with Crippen LogP contribution in [0.3, 0.4) is 0 Å². The fraction of sp³-hybridized carbons (Fsp3) is 0.250. The molecule has 1 N–H and O–H groups in total. The first-order valence-corrected chi connectivity index (χ1v) is 7.58. The van der Waals surface area contributed by atoms with Crippen LogP contribution >= 0.6 is 11.3 Å². The first-order chi connectivity index (χ1) is 10.2. The number of esters is 1. The molecule has 5 heteroatoms. The van der Waals surface area contributed by atoms with Crippen molar-refractivity contribution in [3.8, 4) is 0 Å². The number of methoxy groups -OCH3 is 1. The Bertz CT molecular complexity index is 608. The number of rotatable bonds is 6. The van der Waals surface area contributed by atoms with Crippen molar-refractivity contribution in [2.75, 3.05) is 12.4 Å². The van der Waals surface area contributed by atoms with Crippen molar-refractivity contribution in [1.29, 1.82) is 0 Å². The first-order valence-electron chi connectivity index (χ1n) is 6.70. The molecule has 0 radical (unpaired) electrons. The van der Waals surface area contributed by atoms with Gasteiger partial charge in [-0.3, -0.25) is 4.79 Å². The Hall–Kier alpha value is -2.14. The average Bonchev–Trinajstić information content (AvgIpc) is 3.00. The van der Waals surface area contributed by atoms with E-state index in [1.165, 1.54) is 12.0 Å². The van der Waals surface area contributed by atoms with Crippen LogP contribution in [0.2, 0.25) is 0 Å². The SMILES string of the molecule is COC(=O)c1ccccc1NC(=O)CCCc1cccs1. The summed E-state index contributed by atoms with van der Waals surface area (Å²) in [5.74, 6) is -0.549. The molecule has 0 unspecified atom stereocenters. The Kier molecular flexibility index (Phi) is 5.51. The van der Waals surface area contributed by atoms with E-state index in [0.717, 1.165) is 12.8 Å². The number of amides is 1. The lowest BCUT2D eigenvalue weighted by Gasteiger charge is -2.09. The van der Waals surface area contributed by atoms with Gasteiger partial charge in [0.15, 0.2) is 0 Å². The molecule has 0 aliphatic rings. The lowest BCUT2D eigenvalue weighted by molar-refractivity contribution is -0.116. The van der Waals surface area contributed by atoms with Gasteiger partial charge in [0.2, 0.25) is 5.91 Å². The molecule has 0 fully saturated rings. The Balaban J connectivity index is 1.89. The smallest absolute Gasteiger partial charge is 0.339 e. The Morgan fingerprint density at radius 3 is 2.71 bits per heavy atom. The summed E-state index contributed by atoms with van der Waals surface area (Å²) in [6.07, 6.45) is 2.10. The van der Waals surface area contributed by atoms with Crippen LogP contribution < -0.4 is 5.32 Å². The molecule has 0 spiro atoms. The predicted molar refractivity (Wildman–Crippen MR) is 83.7 cm³/mol. The van der Waals surface area contributed by atoms with Gasteiger partial charge in [0.25, 0.3) is 0 Å². The Labute approximate surface area is 127 Å². The summed E-state index contributed by atoms with van der Waals surface area (Å²) in [6, 6.07) is 10.9. The molecule has 1 heterocycles. The van der Waals surface area contributed by atoms with Gasteiger partial charge in [0, 0.05) is 11.3 Å². The van der Waals surface area contributed by atoms with Crippen molar-refractivity contribution in [2.45, 2.75) is 19.3 Å². The largest absolute Gasteiger partial charge is 0.465 e. The topological polar surface area (TPSA) is 55.4 Å². The monoisotopic (exact) mass is 303 g/mol. The number of aryl methyl sites for hydroxylation is 1. The molecule has 0 aliphatic heterocycles. The third-order valence-corrected chi connectivity index (χ3v) is 3.95. The zero-order valence-corrected chi connectivity index (χ0v) is 12.6. The highest BCUT2D eigenvalue weighted by Gasteiger charge is 2.12. The van der Waals surface area contributed by atoms with E-state index in [1.807, 2.05) is 11.4 Å². The molecule has 0 saturated carbocycles. The zero-order valence-electron chi connectivity index (χ0n) is 11.8. The van der Waals surface area contributed by atoms with Gasteiger partial charge in [-0.15, -0.1) is 11.3 Å². The molecular weight excluding hydrogens is 286 g/mol. The standard InChI is InChI=1S/C16H17NO3S/c1-20-16(19)13-8-2-3-9-14(13)17-15(18)10-4-6-12-7-5-11-21-12/h2-3,5,7-9,11H,4,6,10H2,1H3,(H,17,18). The van der Waals surface area contributed by atoms with Crippen LogP contribution in [0.5, 0.6) is 0 Å². The highest BCUT2D eigenvalue weighted by atomic mass is 32.1. The van der Waals surface area contributed by atoms with E-state index in [4.69, 9.17) is 4.74 Å². The number of hydrogen-bond acceptors (Lipinski definition) is 4. The number of para-hydroxylation sites is 1. The predicted octanol–water partition coefficient (Wildman–Crippen LogP) is 3.50. The van der Waals surface area contributed by atoms with Gasteiger partial charge in [0.1, 0.15) is 0 Å². The van der Waals surface area contributed by atoms with E-state index in [-0.39, 0.29) is 5.91 Å². The van der Waals surface area contributed by atoms with Crippen LogP contribution in [0.15, 0.2) is 41.8 Å². The minimum absolute atomic E-state index is 0.0945. The van der Waals surface area contributed by atoms with Crippen molar-refractivity contribution in [3.05, 3.63) is 52.2 Å². The number of thiophene rings is 1. The number of carbonyl (C=O) groups excluding carboxylic acids is 2. The Morgan fingerprint density at radius 2 is 2.00 bits per heavy atom. The van der Waals surface area contributed by atoms with E-state index in [0.29, 0.717) is 17.7 Å². The third-order valence-electron chi connectivity index (χ3n) is 3.01. The summed E-state index contributed by atoms with van der Waals surface area (Å²) in [5.41, 5.74) is 0.858.